The van der Waals surface area contributed by atoms with E-state index in [4.69, 9.17) is 14.6 Å². The number of aliphatic hydroxyl groups is 3. The Morgan fingerprint density at radius 3 is 2.53 bits per heavy atom. The first-order valence-corrected chi connectivity index (χ1v) is 11.1. The van der Waals surface area contributed by atoms with Crippen molar-refractivity contribution in [3.63, 3.8) is 0 Å². The molecule has 0 radical (unpaired) electrons. The summed E-state index contributed by atoms with van der Waals surface area (Å²) in [6.07, 6.45) is 1.02. The van der Waals surface area contributed by atoms with Crippen LogP contribution in [0.15, 0.2) is 23.8 Å². The standard InChI is InChI=1S/C23H34O9/c1-4-12(2)22(29)32-19-9-15(24)7-14-6-5-13(3)17(21(14)19)11-31-23(30)18(26)8-16(25)10-20(27)28/h5-7,12-13,15-19,21,24-26H,4,8-11H2,1-3H3,(H,27,28)/t12-,13-,15+,16+,17-,18-,19-,21-/m0/s1. The average Bonchev–Trinajstić information content (AvgIpc) is 2.71. The molecular weight excluding hydrogens is 420 g/mol. The summed E-state index contributed by atoms with van der Waals surface area (Å²) < 4.78 is 11.1. The summed E-state index contributed by atoms with van der Waals surface area (Å²) >= 11 is 0. The van der Waals surface area contributed by atoms with E-state index in [0.717, 1.165) is 5.57 Å². The molecule has 0 bridgehead atoms. The van der Waals surface area contributed by atoms with Gasteiger partial charge in [-0.3, -0.25) is 9.59 Å². The van der Waals surface area contributed by atoms with E-state index in [2.05, 4.69) is 0 Å². The maximum absolute atomic E-state index is 12.4. The highest BCUT2D eigenvalue weighted by Gasteiger charge is 2.43. The predicted octanol–water partition coefficient (Wildman–Crippen LogP) is 1.20. The second-order valence-corrected chi connectivity index (χ2v) is 8.80. The number of ether oxygens (including phenoxy) is 2. The molecule has 2 aliphatic rings. The van der Waals surface area contributed by atoms with Crippen LogP contribution in [-0.2, 0) is 23.9 Å². The monoisotopic (exact) mass is 454 g/mol. The summed E-state index contributed by atoms with van der Waals surface area (Å²) in [4.78, 5) is 35.3. The highest BCUT2D eigenvalue weighted by molar-refractivity contribution is 5.74. The number of carbonyl (C=O) groups excluding carboxylic acids is 2. The molecule has 0 unspecified atom stereocenters. The molecule has 0 aromatic rings. The lowest BCUT2D eigenvalue weighted by atomic mass is 9.68. The minimum Gasteiger partial charge on any atom is -0.481 e. The summed E-state index contributed by atoms with van der Waals surface area (Å²) in [5.41, 5.74) is 0.808. The first-order valence-electron chi connectivity index (χ1n) is 11.1. The zero-order valence-corrected chi connectivity index (χ0v) is 18.7. The number of rotatable bonds is 10. The predicted molar refractivity (Wildman–Crippen MR) is 113 cm³/mol. The molecule has 0 spiro atoms. The lowest BCUT2D eigenvalue weighted by Crippen LogP contribution is -2.44. The van der Waals surface area contributed by atoms with Gasteiger partial charge in [0, 0.05) is 24.7 Å². The second-order valence-electron chi connectivity index (χ2n) is 8.80. The number of fused-ring (bicyclic) bond motifs is 1. The van der Waals surface area contributed by atoms with E-state index < -0.39 is 49.2 Å². The topological polar surface area (TPSA) is 151 Å². The van der Waals surface area contributed by atoms with E-state index in [0.29, 0.717) is 6.42 Å². The molecule has 0 aromatic heterocycles. The van der Waals surface area contributed by atoms with E-state index in [1.54, 1.807) is 13.0 Å². The number of aliphatic hydroxyl groups excluding tert-OH is 3. The Morgan fingerprint density at radius 1 is 1.22 bits per heavy atom. The summed E-state index contributed by atoms with van der Waals surface area (Å²) in [6.45, 7) is 5.55. The van der Waals surface area contributed by atoms with E-state index in [-0.39, 0.29) is 42.7 Å². The third-order valence-corrected chi connectivity index (χ3v) is 6.25. The Morgan fingerprint density at radius 2 is 1.91 bits per heavy atom. The smallest absolute Gasteiger partial charge is 0.335 e. The van der Waals surface area contributed by atoms with Gasteiger partial charge in [-0.1, -0.05) is 39.0 Å². The molecule has 0 saturated heterocycles. The van der Waals surface area contributed by atoms with Gasteiger partial charge in [-0.25, -0.2) is 4.79 Å². The lowest BCUT2D eigenvalue weighted by molar-refractivity contribution is -0.164. The molecule has 0 heterocycles. The average molecular weight is 455 g/mol. The van der Waals surface area contributed by atoms with Crippen LogP contribution >= 0.6 is 0 Å². The number of aliphatic carboxylic acids is 1. The van der Waals surface area contributed by atoms with Crippen molar-refractivity contribution in [1.82, 2.24) is 0 Å². The number of carboxylic acids is 1. The molecule has 0 saturated carbocycles. The fourth-order valence-corrected chi connectivity index (χ4v) is 4.15. The number of allylic oxidation sites excluding steroid dienone is 2. The van der Waals surface area contributed by atoms with Gasteiger partial charge in [0.25, 0.3) is 0 Å². The summed E-state index contributed by atoms with van der Waals surface area (Å²) in [5.74, 6) is -3.38. The first kappa shape index (κ1) is 26.0. The van der Waals surface area contributed by atoms with E-state index in [9.17, 15) is 29.7 Å². The Bertz CT molecular complexity index is 744. The van der Waals surface area contributed by atoms with Crippen LogP contribution in [0.1, 0.15) is 46.5 Å². The molecule has 4 N–H and O–H groups in total. The number of carboxylic acid groups (broad SMARTS) is 1. The maximum Gasteiger partial charge on any atom is 0.335 e. The summed E-state index contributed by atoms with van der Waals surface area (Å²) in [7, 11) is 0. The molecule has 0 fully saturated rings. The molecule has 0 aromatic carbocycles. The quantitative estimate of drug-likeness (QED) is 0.357. The molecule has 2 aliphatic carbocycles. The van der Waals surface area contributed by atoms with Gasteiger partial charge in [0.2, 0.25) is 0 Å². The molecule has 32 heavy (non-hydrogen) atoms. The van der Waals surface area contributed by atoms with Crippen LogP contribution in [0.4, 0.5) is 0 Å². The van der Waals surface area contributed by atoms with E-state index in [1.807, 2.05) is 26.0 Å². The maximum atomic E-state index is 12.4. The van der Waals surface area contributed by atoms with Crippen LogP contribution in [0.25, 0.3) is 0 Å². The van der Waals surface area contributed by atoms with Crippen molar-refractivity contribution < 1.29 is 44.3 Å². The molecule has 9 nitrogen and oxygen atoms in total. The number of hydrogen-bond donors (Lipinski definition) is 4. The third-order valence-electron chi connectivity index (χ3n) is 6.25. The zero-order chi connectivity index (χ0) is 24.0. The van der Waals surface area contributed by atoms with Gasteiger partial charge < -0.3 is 29.9 Å². The van der Waals surface area contributed by atoms with Crippen LogP contribution in [-0.4, -0.2) is 69.4 Å². The van der Waals surface area contributed by atoms with E-state index in [1.165, 1.54) is 0 Å². The molecule has 0 amide bonds. The van der Waals surface area contributed by atoms with Gasteiger partial charge >= 0.3 is 17.9 Å². The molecule has 0 aliphatic heterocycles. The highest BCUT2D eigenvalue weighted by Crippen LogP contribution is 2.42. The Kier molecular flexibility index (Phi) is 9.42. The second kappa shape index (κ2) is 11.6. The van der Waals surface area contributed by atoms with Crippen LogP contribution in [0.5, 0.6) is 0 Å². The van der Waals surface area contributed by atoms with Crippen molar-refractivity contribution in [2.75, 3.05) is 6.61 Å². The van der Waals surface area contributed by atoms with Crippen LogP contribution < -0.4 is 0 Å². The lowest BCUT2D eigenvalue weighted by Gasteiger charge is -2.42. The van der Waals surface area contributed by atoms with Gasteiger partial charge in [0.05, 0.1) is 31.2 Å². The van der Waals surface area contributed by atoms with E-state index >= 15 is 0 Å². The largest absolute Gasteiger partial charge is 0.481 e. The van der Waals surface area contributed by atoms with Gasteiger partial charge in [0.1, 0.15) is 6.10 Å². The first-order chi connectivity index (χ1) is 15.0. The van der Waals surface area contributed by atoms with Gasteiger partial charge in [0.15, 0.2) is 6.10 Å². The fourth-order valence-electron chi connectivity index (χ4n) is 4.15. The van der Waals surface area contributed by atoms with Crippen molar-refractivity contribution >= 4 is 17.9 Å². The van der Waals surface area contributed by atoms with Crippen molar-refractivity contribution in [1.29, 1.82) is 0 Å². The number of esters is 2. The minimum atomic E-state index is -1.65. The molecule has 8 atom stereocenters. The summed E-state index contributed by atoms with van der Waals surface area (Å²) in [5, 5.41) is 38.5. The Labute approximate surface area is 187 Å². The zero-order valence-electron chi connectivity index (χ0n) is 18.7. The van der Waals surface area contributed by atoms with Crippen LogP contribution in [0, 0.1) is 23.7 Å². The Balaban J connectivity index is 2.09. The normalized spacial score (nSPS) is 29.8. The molecular formula is C23H34O9. The highest BCUT2D eigenvalue weighted by atomic mass is 16.6. The molecule has 180 valence electrons. The minimum absolute atomic E-state index is 0.0280. The Hall–Kier alpha value is -2.23. The van der Waals surface area contributed by atoms with Gasteiger partial charge in [-0.2, -0.15) is 0 Å². The van der Waals surface area contributed by atoms with Crippen molar-refractivity contribution in [2.45, 2.75) is 70.9 Å². The van der Waals surface area contributed by atoms with Crippen molar-refractivity contribution in [3.8, 4) is 0 Å². The van der Waals surface area contributed by atoms with Gasteiger partial charge in [-0.05, 0) is 17.9 Å². The van der Waals surface area contributed by atoms with Crippen LogP contribution in [0.3, 0.4) is 0 Å². The van der Waals surface area contributed by atoms with Crippen LogP contribution in [0.2, 0.25) is 0 Å². The molecule has 9 heteroatoms. The van der Waals surface area contributed by atoms with Gasteiger partial charge in [-0.15, -0.1) is 0 Å². The van der Waals surface area contributed by atoms with Crippen molar-refractivity contribution in [2.24, 2.45) is 23.7 Å². The molecule has 2 rings (SSSR count). The fraction of sp³-hybridized carbons (Fsp3) is 0.696. The van der Waals surface area contributed by atoms with Crippen molar-refractivity contribution in [3.05, 3.63) is 23.8 Å². The summed E-state index contributed by atoms with van der Waals surface area (Å²) in [6, 6.07) is 0. The SMILES string of the molecule is CC[C@H](C)C(=O)O[C@H]1C[C@H](O)C=C2C=C[C@H](C)[C@H](COC(=O)[C@@H](O)C[C@@H](O)CC(=O)O)[C@H]21. The number of hydrogen-bond acceptors (Lipinski definition) is 8. The number of carbonyl (C=O) groups is 3. The third kappa shape index (κ3) is 6.88.